The maximum absolute atomic E-state index is 12.7. The van der Waals surface area contributed by atoms with Crippen LogP contribution in [0.25, 0.3) is 11.0 Å². The second-order valence-corrected chi connectivity index (χ2v) is 10.0. The van der Waals surface area contributed by atoms with Crippen molar-refractivity contribution in [3.8, 4) is 5.75 Å². The van der Waals surface area contributed by atoms with Gasteiger partial charge in [-0.05, 0) is 58.8 Å². The minimum absolute atomic E-state index is 0. The van der Waals surface area contributed by atoms with Gasteiger partial charge >= 0.3 is 11.7 Å². The summed E-state index contributed by atoms with van der Waals surface area (Å²) in [7, 11) is 0.809. The molecular formula is C21H22IKN3O6S. The molecule has 12 heteroatoms. The standard InChI is InChI=1S/C21H22IN3O6S.K/c1-12-15-10-17(22)19(31-21(27)25(3)4)11-18(15)30-20(26)16(12)9-13-6-5-7-14(8-13)24-32(28,29)23-2;/h5-8,10-11,23-24H,9H2,1-4H3;. The second kappa shape index (κ2) is 11.6. The number of ether oxygens (including phenoxy) is 1. The monoisotopic (exact) mass is 610 g/mol. The molecule has 3 aromatic rings. The Morgan fingerprint density at radius 3 is 2.55 bits per heavy atom. The van der Waals surface area contributed by atoms with E-state index in [-0.39, 0.29) is 57.8 Å². The Kier molecular flexibility index (Phi) is 9.94. The average Bonchev–Trinajstić information content (AvgIpc) is 2.72. The fraction of sp³-hybridized carbons (Fsp3) is 0.238. The molecule has 2 aromatic carbocycles. The van der Waals surface area contributed by atoms with Gasteiger partial charge in [0.2, 0.25) is 0 Å². The maximum atomic E-state index is 12.7. The van der Waals surface area contributed by atoms with E-state index in [1.807, 2.05) is 6.92 Å². The normalized spacial score (nSPS) is 11.1. The zero-order valence-corrected chi connectivity index (χ0v) is 25.0. The molecular weight excluding hydrogens is 588 g/mol. The first kappa shape index (κ1) is 28.2. The van der Waals surface area contributed by atoms with Gasteiger partial charge in [-0.1, -0.05) is 12.1 Å². The number of hydrogen-bond acceptors (Lipinski definition) is 6. The van der Waals surface area contributed by atoms with Crippen molar-refractivity contribution in [2.24, 2.45) is 0 Å². The minimum atomic E-state index is -3.65. The molecule has 0 atom stereocenters. The number of hydrogen-bond donors (Lipinski definition) is 2. The third kappa shape index (κ3) is 7.00. The number of halogens is 1. The van der Waals surface area contributed by atoms with Crippen molar-refractivity contribution < 1.29 is 22.4 Å². The van der Waals surface area contributed by atoms with Gasteiger partial charge in [0, 0.05) is 96.0 Å². The van der Waals surface area contributed by atoms with Gasteiger partial charge in [-0.25, -0.2) is 14.3 Å². The van der Waals surface area contributed by atoms with E-state index in [0.717, 1.165) is 16.5 Å². The number of carbonyl (C=O) groups is 1. The third-order valence-electron chi connectivity index (χ3n) is 4.73. The number of anilines is 1. The van der Waals surface area contributed by atoms with Crippen LogP contribution in [-0.2, 0) is 16.6 Å². The van der Waals surface area contributed by atoms with Gasteiger partial charge in [-0.2, -0.15) is 8.42 Å². The number of rotatable bonds is 6. The van der Waals surface area contributed by atoms with Gasteiger partial charge in [0.15, 0.2) is 0 Å². The number of nitrogens with one attached hydrogen (secondary N) is 2. The Labute approximate surface area is 248 Å². The van der Waals surface area contributed by atoms with Crippen LogP contribution in [0.3, 0.4) is 0 Å². The van der Waals surface area contributed by atoms with E-state index < -0.39 is 21.9 Å². The molecule has 2 N–H and O–H groups in total. The first-order valence-electron chi connectivity index (χ1n) is 9.46. The van der Waals surface area contributed by atoms with Gasteiger partial charge in [0.05, 0.1) is 9.26 Å². The molecule has 0 fully saturated rings. The summed E-state index contributed by atoms with van der Waals surface area (Å²) < 4.78 is 39.6. The van der Waals surface area contributed by atoms with Gasteiger partial charge in [0.25, 0.3) is 10.2 Å². The summed E-state index contributed by atoms with van der Waals surface area (Å²) in [4.78, 5) is 25.9. The quantitative estimate of drug-likeness (QED) is 0.252. The van der Waals surface area contributed by atoms with E-state index in [4.69, 9.17) is 9.15 Å². The Morgan fingerprint density at radius 1 is 1.21 bits per heavy atom. The van der Waals surface area contributed by atoms with Crippen molar-refractivity contribution in [3.63, 3.8) is 0 Å². The Morgan fingerprint density at radius 2 is 1.91 bits per heavy atom. The van der Waals surface area contributed by atoms with E-state index in [1.165, 1.54) is 18.0 Å². The Balaban J connectivity index is 0.00000385. The predicted molar refractivity (Wildman–Crippen MR) is 136 cm³/mol. The van der Waals surface area contributed by atoms with E-state index in [0.29, 0.717) is 26.2 Å². The summed E-state index contributed by atoms with van der Waals surface area (Å²) in [6.45, 7) is 1.82. The van der Waals surface area contributed by atoms with Crippen LogP contribution in [0, 0.1) is 10.5 Å². The molecule has 1 radical (unpaired) electrons. The molecule has 0 unspecified atom stereocenters. The molecule has 33 heavy (non-hydrogen) atoms. The van der Waals surface area contributed by atoms with Crippen LogP contribution in [0.1, 0.15) is 16.7 Å². The molecule has 1 aromatic heterocycles. The zero-order chi connectivity index (χ0) is 23.6. The number of nitrogens with zero attached hydrogens (tertiary/aromatic N) is 1. The third-order valence-corrected chi connectivity index (χ3v) is 6.62. The molecule has 9 nitrogen and oxygen atoms in total. The van der Waals surface area contributed by atoms with Gasteiger partial charge < -0.3 is 14.1 Å². The topological polar surface area (TPSA) is 118 Å². The number of amides is 1. The summed E-state index contributed by atoms with van der Waals surface area (Å²) in [6.07, 6.45) is -0.278. The first-order chi connectivity index (χ1) is 15.0. The molecule has 0 aliphatic rings. The average molecular weight is 610 g/mol. The first-order valence-corrected chi connectivity index (χ1v) is 12.0. The molecule has 171 valence electrons. The molecule has 0 aliphatic heterocycles. The van der Waals surface area contributed by atoms with Crippen LogP contribution >= 0.6 is 22.6 Å². The van der Waals surface area contributed by atoms with Crippen molar-refractivity contribution >= 4 is 107 Å². The molecule has 0 saturated carbocycles. The van der Waals surface area contributed by atoms with Crippen LogP contribution in [0.2, 0.25) is 0 Å². The van der Waals surface area contributed by atoms with E-state index in [1.54, 1.807) is 44.4 Å². The number of carbonyl (C=O) groups excluding carboxylic acids is 1. The molecule has 0 saturated heterocycles. The van der Waals surface area contributed by atoms with E-state index in [2.05, 4.69) is 32.0 Å². The molecule has 0 spiro atoms. The summed E-state index contributed by atoms with van der Waals surface area (Å²) in [5, 5.41) is 0.723. The van der Waals surface area contributed by atoms with Crippen LogP contribution in [-0.4, -0.2) is 91.9 Å². The minimum Gasteiger partial charge on any atom is -0.422 e. The summed E-state index contributed by atoms with van der Waals surface area (Å²) in [5.41, 5.74) is 2.11. The van der Waals surface area contributed by atoms with Crippen molar-refractivity contribution in [1.29, 1.82) is 0 Å². The predicted octanol–water partition coefficient (Wildman–Crippen LogP) is 2.85. The van der Waals surface area contributed by atoms with Crippen molar-refractivity contribution in [1.82, 2.24) is 9.62 Å². The van der Waals surface area contributed by atoms with E-state index in [9.17, 15) is 18.0 Å². The van der Waals surface area contributed by atoms with Crippen molar-refractivity contribution in [2.75, 3.05) is 25.9 Å². The summed E-state index contributed by atoms with van der Waals surface area (Å²) in [5.74, 6) is 0.302. The molecule has 1 heterocycles. The molecule has 0 bridgehead atoms. The van der Waals surface area contributed by atoms with Gasteiger partial charge in [0.1, 0.15) is 11.3 Å². The van der Waals surface area contributed by atoms with Crippen molar-refractivity contribution in [2.45, 2.75) is 13.3 Å². The van der Waals surface area contributed by atoms with Crippen LogP contribution in [0.15, 0.2) is 45.6 Å². The molecule has 0 aliphatic carbocycles. The second-order valence-electron chi connectivity index (χ2n) is 7.22. The van der Waals surface area contributed by atoms with Gasteiger partial charge in [-0.15, -0.1) is 0 Å². The molecule has 3 rings (SSSR count). The number of benzene rings is 2. The molecule has 1 amide bonds. The largest absolute Gasteiger partial charge is 0.422 e. The summed E-state index contributed by atoms with van der Waals surface area (Å²) >= 11 is 2.06. The zero-order valence-electron chi connectivity index (χ0n) is 18.9. The fourth-order valence-corrected chi connectivity index (χ4v) is 4.13. The maximum Gasteiger partial charge on any atom is 0.414 e. The van der Waals surface area contributed by atoms with Crippen molar-refractivity contribution in [3.05, 3.63) is 67.1 Å². The SMILES string of the molecule is CNS(=O)(=O)Nc1cccc(Cc2c(C)c3cc(I)c(OC(=O)N(C)C)cc3oc2=O)c1.[K]. The smallest absolute Gasteiger partial charge is 0.414 e. The number of fused-ring (bicyclic) bond motifs is 1. The van der Waals surface area contributed by atoms with Crippen LogP contribution in [0.4, 0.5) is 10.5 Å². The van der Waals surface area contributed by atoms with E-state index >= 15 is 0 Å². The fourth-order valence-electron chi connectivity index (χ4n) is 3.01. The number of aryl methyl sites for hydroxylation is 1. The Bertz CT molecular complexity index is 1360. The van der Waals surface area contributed by atoms with Crippen LogP contribution in [0.5, 0.6) is 5.75 Å². The van der Waals surface area contributed by atoms with Gasteiger partial charge in [-0.3, -0.25) is 4.72 Å². The Hall–Kier alpha value is -1.00. The summed E-state index contributed by atoms with van der Waals surface area (Å²) in [6, 6.07) is 10.1. The van der Waals surface area contributed by atoms with Crippen LogP contribution < -0.4 is 19.8 Å².